The van der Waals surface area contributed by atoms with Gasteiger partial charge in [-0.05, 0) is 93.0 Å². The molecule has 9 nitrogen and oxygen atoms in total. The molecule has 1 aliphatic heterocycles. The van der Waals surface area contributed by atoms with E-state index in [4.69, 9.17) is 17.3 Å². The SMILES string of the molecule is C[C@H](N)CCCc1cc(Cl)c(F)c(-c2cc3cn(-c4ccc([C@H]5CCC[C@H](CCNc6ncccn6)N5)cc4)c(=O)nc3[nH]2)c1. The maximum atomic E-state index is 15.1. The summed E-state index contributed by atoms with van der Waals surface area (Å²) in [6.07, 6.45) is 12.0. The molecule has 1 aliphatic rings. The summed E-state index contributed by atoms with van der Waals surface area (Å²) in [7, 11) is 0. The van der Waals surface area contributed by atoms with Crippen LogP contribution in [-0.4, -0.2) is 43.1 Å². The zero-order valence-electron chi connectivity index (χ0n) is 25.3. The van der Waals surface area contributed by atoms with Crippen LogP contribution in [0, 0.1) is 5.82 Å². The molecule has 0 unspecified atom stereocenters. The molecule has 11 heteroatoms. The number of nitrogens with zero attached hydrogens (tertiary/aromatic N) is 4. The first kappa shape index (κ1) is 30.9. The van der Waals surface area contributed by atoms with Crippen molar-refractivity contribution in [2.75, 3.05) is 11.9 Å². The van der Waals surface area contributed by atoms with Crippen molar-refractivity contribution < 1.29 is 4.39 Å². The summed E-state index contributed by atoms with van der Waals surface area (Å²) in [4.78, 5) is 28.9. The average Bonchev–Trinajstić information content (AvgIpc) is 3.45. The fourth-order valence-electron chi connectivity index (χ4n) is 6.06. The van der Waals surface area contributed by atoms with Crippen molar-refractivity contribution in [3.8, 4) is 16.9 Å². The Labute approximate surface area is 266 Å². The van der Waals surface area contributed by atoms with Gasteiger partial charge in [0.15, 0.2) is 5.82 Å². The third-order valence-electron chi connectivity index (χ3n) is 8.41. The van der Waals surface area contributed by atoms with E-state index in [-0.39, 0.29) is 17.1 Å². The molecule has 0 saturated carbocycles. The summed E-state index contributed by atoms with van der Waals surface area (Å²) in [5.41, 5.74) is 9.55. The summed E-state index contributed by atoms with van der Waals surface area (Å²) < 4.78 is 16.7. The van der Waals surface area contributed by atoms with E-state index in [1.54, 1.807) is 42.9 Å². The lowest BCUT2D eigenvalue weighted by Crippen LogP contribution is -2.38. The molecule has 2 aromatic carbocycles. The number of aryl methyl sites for hydroxylation is 1. The van der Waals surface area contributed by atoms with Crippen LogP contribution in [0.1, 0.15) is 62.6 Å². The van der Waals surface area contributed by atoms with Gasteiger partial charge in [0.05, 0.1) is 16.4 Å². The van der Waals surface area contributed by atoms with Crippen LogP contribution in [0.4, 0.5) is 10.3 Å². The van der Waals surface area contributed by atoms with Gasteiger partial charge in [-0.25, -0.2) is 19.2 Å². The van der Waals surface area contributed by atoms with Crippen molar-refractivity contribution in [1.82, 2.24) is 29.8 Å². The number of rotatable bonds is 11. The number of anilines is 1. The topological polar surface area (TPSA) is 127 Å². The smallest absolute Gasteiger partial charge is 0.354 e. The molecule has 0 bridgehead atoms. The van der Waals surface area contributed by atoms with E-state index in [2.05, 4.69) is 42.7 Å². The summed E-state index contributed by atoms with van der Waals surface area (Å²) >= 11 is 6.27. The molecular formula is C34H38ClFN8O. The van der Waals surface area contributed by atoms with E-state index in [0.717, 1.165) is 57.1 Å². The molecule has 3 aromatic heterocycles. The molecule has 45 heavy (non-hydrogen) atoms. The lowest BCUT2D eigenvalue weighted by atomic mass is 9.92. The van der Waals surface area contributed by atoms with Crippen molar-refractivity contribution in [2.45, 2.75) is 70.0 Å². The summed E-state index contributed by atoms with van der Waals surface area (Å²) in [5.74, 6) is 0.138. The van der Waals surface area contributed by atoms with Crippen LogP contribution in [0.25, 0.3) is 28.0 Å². The molecule has 1 saturated heterocycles. The maximum Gasteiger partial charge on any atom is 0.354 e. The van der Waals surface area contributed by atoms with Gasteiger partial charge in [-0.1, -0.05) is 30.2 Å². The fourth-order valence-corrected chi connectivity index (χ4v) is 6.31. The van der Waals surface area contributed by atoms with E-state index in [0.29, 0.717) is 40.0 Å². The van der Waals surface area contributed by atoms with Gasteiger partial charge in [0.25, 0.3) is 0 Å². The van der Waals surface area contributed by atoms with Crippen LogP contribution < -0.4 is 22.1 Å². The lowest BCUT2D eigenvalue weighted by Gasteiger charge is -2.31. The molecule has 4 heterocycles. The number of halogens is 2. The van der Waals surface area contributed by atoms with Gasteiger partial charge in [-0.15, -0.1) is 0 Å². The highest BCUT2D eigenvalue weighted by molar-refractivity contribution is 6.31. The monoisotopic (exact) mass is 628 g/mol. The molecule has 6 rings (SSSR count). The Morgan fingerprint density at radius 1 is 1.16 bits per heavy atom. The van der Waals surface area contributed by atoms with Crippen LogP contribution in [0.5, 0.6) is 0 Å². The van der Waals surface area contributed by atoms with E-state index in [1.807, 2.05) is 19.1 Å². The van der Waals surface area contributed by atoms with Crippen molar-refractivity contribution >= 4 is 28.6 Å². The number of fused-ring (bicyclic) bond motifs is 1. The molecule has 0 aliphatic carbocycles. The quantitative estimate of drug-likeness (QED) is 0.135. The van der Waals surface area contributed by atoms with E-state index in [1.165, 1.54) is 10.1 Å². The second-order valence-corrected chi connectivity index (χ2v) is 12.3. The van der Waals surface area contributed by atoms with Crippen molar-refractivity contribution in [3.63, 3.8) is 0 Å². The Kier molecular flexibility index (Phi) is 9.53. The average molecular weight is 629 g/mol. The van der Waals surface area contributed by atoms with Gasteiger partial charge in [-0.3, -0.25) is 4.57 Å². The third-order valence-corrected chi connectivity index (χ3v) is 8.68. The third kappa shape index (κ3) is 7.41. The zero-order chi connectivity index (χ0) is 31.3. The molecule has 0 spiro atoms. The molecule has 5 aromatic rings. The second kappa shape index (κ2) is 13.9. The van der Waals surface area contributed by atoms with E-state index in [9.17, 15) is 4.79 Å². The number of aromatic nitrogens is 5. The normalized spacial score (nSPS) is 17.4. The van der Waals surface area contributed by atoms with Gasteiger partial charge in [0, 0.05) is 54.2 Å². The van der Waals surface area contributed by atoms with Gasteiger partial charge >= 0.3 is 5.69 Å². The molecular weight excluding hydrogens is 591 g/mol. The number of H-pyrrole nitrogens is 1. The number of nitrogens with one attached hydrogen (secondary N) is 3. The van der Waals surface area contributed by atoms with Gasteiger partial charge in [0.1, 0.15) is 5.65 Å². The number of piperidine rings is 1. The van der Waals surface area contributed by atoms with Crippen LogP contribution >= 0.6 is 11.6 Å². The molecule has 234 valence electrons. The van der Waals surface area contributed by atoms with Crippen LogP contribution in [0.2, 0.25) is 5.02 Å². The molecule has 5 N–H and O–H groups in total. The molecule has 3 atom stereocenters. The number of aromatic amines is 1. The standard InChI is InChI=1S/C34H38ClFN8O/c1-21(37)5-2-6-22-17-27(31(36)28(35)18-22)30-19-24-20-44(34(45)43-32(24)42-30)26-11-9-23(10-12-26)29-8-3-7-25(41-29)13-16-40-33-38-14-4-15-39-33/h4,9-12,14-15,17-21,25,29,41H,2-3,5-8,13,16,37H2,1H3,(H,38,39,40)(H,42,43,45)/t21-,25+,29+/m0/s1. The minimum absolute atomic E-state index is 0.0619. The van der Waals surface area contributed by atoms with Crippen LogP contribution in [-0.2, 0) is 6.42 Å². The number of benzene rings is 2. The van der Waals surface area contributed by atoms with Crippen molar-refractivity contribution in [1.29, 1.82) is 0 Å². The highest BCUT2D eigenvalue weighted by Crippen LogP contribution is 2.32. The number of hydrogen-bond donors (Lipinski definition) is 4. The molecule has 1 fully saturated rings. The largest absolute Gasteiger partial charge is 0.354 e. The predicted octanol–water partition coefficient (Wildman–Crippen LogP) is 6.32. The first-order valence-electron chi connectivity index (χ1n) is 15.6. The van der Waals surface area contributed by atoms with Gasteiger partial charge < -0.3 is 21.4 Å². The summed E-state index contributed by atoms with van der Waals surface area (Å²) in [6, 6.07) is 15.8. The Hall–Kier alpha value is -4.12. The zero-order valence-corrected chi connectivity index (χ0v) is 26.0. The minimum Gasteiger partial charge on any atom is -0.354 e. The predicted molar refractivity (Wildman–Crippen MR) is 177 cm³/mol. The van der Waals surface area contributed by atoms with Crippen LogP contribution in [0.3, 0.4) is 0 Å². The summed E-state index contributed by atoms with van der Waals surface area (Å²) in [5, 5.41) is 7.83. The van der Waals surface area contributed by atoms with Crippen molar-refractivity contribution in [3.05, 3.63) is 99.6 Å². The van der Waals surface area contributed by atoms with Gasteiger partial charge in [-0.2, -0.15) is 4.98 Å². The molecule has 0 radical (unpaired) electrons. The minimum atomic E-state index is -0.509. The first-order chi connectivity index (χ1) is 21.8. The van der Waals surface area contributed by atoms with E-state index < -0.39 is 11.5 Å². The highest BCUT2D eigenvalue weighted by Gasteiger charge is 2.22. The van der Waals surface area contributed by atoms with Crippen LogP contribution in [0.15, 0.2) is 71.9 Å². The lowest BCUT2D eigenvalue weighted by molar-refractivity contribution is 0.316. The number of hydrogen-bond acceptors (Lipinski definition) is 7. The van der Waals surface area contributed by atoms with Crippen molar-refractivity contribution in [2.24, 2.45) is 5.73 Å². The van der Waals surface area contributed by atoms with E-state index >= 15 is 4.39 Å². The van der Waals surface area contributed by atoms with Gasteiger partial charge in [0.2, 0.25) is 5.95 Å². The maximum absolute atomic E-state index is 15.1. The Bertz CT molecular complexity index is 1810. The Balaban J connectivity index is 1.16. The first-order valence-corrected chi connectivity index (χ1v) is 16.0. The fraction of sp³-hybridized carbons (Fsp3) is 0.353. The highest BCUT2D eigenvalue weighted by atomic mass is 35.5. The Morgan fingerprint density at radius 3 is 2.73 bits per heavy atom. The second-order valence-electron chi connectivity index (χ2n) is 11.9. The number of nitrogens with two attached hydrogens (primary N) is 1. The summed E-state index contributed by atoms with van der Waals surface area (Å²) in [6.45, 7) is 2.77. The Morgan fingerprint density at radius 2 is 1.96 bits per heavy atom. The molecule has 0 amide bonds.